The predicted molar refractivity (Wildman–Crippen MR) is 95.4 cm³/mol. The number of anilines is 1. The van der Waals surface area contributed by atoms with Crippen LogP contribution in [0.5, 0.6) is 0 Å². The Morgan fingerprint density at radius 3 is 2.44 bits per heavy atom. The monoisotopic (exact) mass is 341 g/mol. The minimum absolute atomic E-state index is 0.00993. The summed E-state index contributed by atoms with van der Waals surface area (Å²) in [6.45, 7) is 5.80. The van der Waals surface area contributed by atoms with E-state index in [9.17, 15) is 9.59 Å². The fraction of sp³-hybridized carbons (Fsp3) is 0.368. The van der Waals surface area contributed by atoms with E-state index in [1.807, 2.05) is 38.1 Å². The minimum Gasteiger partial charge on any atom is -0.481 e. The fourth-order valence-electron chi connectivity index (χ4n) is 2.43. The van der Waals surface area contributed by atoms with Crippen molar-refractivity contribution in [1.29, 1.82) is 0 Å². The lowest BCUT2D eigenvalue weighted by Crippen LogP contribution is -2.13. The molecule has 132 valence electrons. The molecule has 0 fully saturated rings. The molecular weight excluding hydrogens is 318 g/mol. The van der Waals surface area contributed by atoms with Gasteiger partial charge in [-0.25, -0.2) is 9.97 Å². The number of aliphatic carboxylic acids is 1. The maximum absolute atomic E-state index is 11.8. The van der Waals surface area contributed by atoms with Crippen molar-refractivity contribution in [3.05, 3.63) is 53.1 Å². The number of nitrogens with zero attached hydrogens (tertiary/aromatic N) is 2. The maximum Gasteiger partial charge on any atom is 0.307 e. The molecular formula is C19H23N3O3. The smallest absolute Gasteiger partial charge is 0.307 e. The van der Waals surface area contributed by atoms with Gasteiger partial charge in [-0.3, -0.25) is 9.59 Å². The van der Waals surface area contributed by atoms with Crippen LogP contribution >= 0.6 is 0 Å². The summed E-state index contributed by atoms with van der Waals surface area (Å²) in [5.41, 5.74) is 3.10. The van der Waals surface area contributed by atoms with Crippen LogP contribution in [0.25, 0.3) is 0 Å². The van der Waals surface area contributed by atoms with Crippen LogP contribution in [0.15, 0.2) is 30.5 Å². The largest absolute Gasteiger partial charge is 0.481 e. The number of carbonyl (C=O) groups is 2. The Hall–Kier alpha value is -2.76. The molecule has 1 heterocycles. The van der Waals surface area contributed by atoms with Crippen LogP contribution in [-0.2, 0) is 22.4 Å². The van der Waals surface area contributed by atoms with Crippen molar-refractivity contribution < 1.29 is 14.7 Å². The lowest BCUT2D eigenvalue weighted by atomic mass is 10.1. The molecule has 1 aromatic heterocycles. The molecule has 0 saturated heterocycles. The van der Waals surface area contributed by atoms with Gasteiger partial charge >= 0.3 is 5.97 Å². The van der Waals surface area contributed by atoms with Crippen molar-refractivity contribution in [3.63, 3.8) is 0 Å². The molecule has 25 heavy (non-hydrogen) atoms. The summed E-state index contributed by atoms with van der Waals surface area (Å²) < 4.78 is 0. The number of hydrogen-bond acceptors (Lipinski definition) is 4. The van der Waals surface area contributed by atoms with E-state index >= 15 is 0 Å². The number of carbonyl (C=O) groups excluding carboxylic acids is 1. The number of rotatable bonds is 7. The van der Waals surface area contributed by atoms with Crippen LogP contribution < -0.4 is 5.32 Å². The molecule has 0 aliphatic rings. The lowest BCUT2D eigenvalue weighted by molar-refractivity contribution is -0.136. The quantitative estimate of drug-likeness (QED) is 0.808. The van der Waals surface area contributed by atoms with Gasteiger partial charge in [-0.2, -0.15) is 0 Å². The first kappa shape index (κ1) is 18.6. The zero-order valence-corrected chi connectivity index (χ0v) is 14.7. The molecule has 0 unspecified atom stereocenters. The normalized spacial score (nSPS) is 10.7. The SMILES string of the molecule is Cc1nc(Cc2ccc(NC(=O)CC(C)C)cc2)ncc1CC(=O)O. The summed E-state index contributed by atoms with van der Waals surface area (Å²) in [5, 5.41) is 11.7. The van der Waals surface area contributed by atoms with Gasteiger partial charge in [0.2, 0.25) is 5.91 Å². The Morgan fingerprint density at radius 1 is 1.20 bits per heavy atom. The molecule has 0 saturated carbocycles. The summed E-state index contributed by atoms with van der Waals surface area (Å²) in [7, 11) is 0. The second-order valence-electron chi connectivity index (χ2n) is 6.49. The number of nitrogens with one attached hydrogen (secondary N) is 1. The number of benzene rings is 1. The molecule has 0 spiro atoms. The molecule has 0 aliphatic heterocycles. The fourth-order valence-corrected chi connectivity index (χ4v) is 2.43. The summed E-state index contributed by atoms with van der Waals surface area (Å²) in [5.74, 6) is 0.0808. The molecule has 0 atom stereocenters. The molecule has 2 N–H and O–H groups in total. The molecule has 6 heteroatoms. The maximum atomic E-state index is 11.8. The van der Waals surface area contributed by atoms with Crippen LogP contribution in [0.2, 0.25) is 0 Å². The number of hydrogen-bond donors (Lipinski definition) is 2. The standard InChI is InChI=1S/C19H23N3O3/c1-12(2)8-18(23)22-16-6-4-14(5-7-16)9-17-20-11-15(10-19(24)25)13(3)21-17/h4-7,11-12H,8-10H2,1-3H3,(H,22,23)(H,24,25). The summed E-state index contributed by atoms with van der Waals surface area (Å²) in [6.07, 6.45) is 2.55. The molecule has 0 bridgehead atoms. The van der Waals surface area contributed by atoms with Gasteiger partial charge in [0, 0.05) is 36.0 Å². The Bertz CT molecular complexity index is 755. The van der Waals surface area contributed by atoms with Gasteiger partial charge in [0.25, 0.3) is 0 Å². The Morgan fingerprint density at radius 2 is 1.88 bits per heavy atom. The predicted octanol–water partition coefficient (Wildman–Crippen LogP) is 2.99. The van der Waals surface area contributed by atoms with Gasteiger partial charge in [-0.05, 0) is 30.5 Å². The van der Waals surface area contributed by atoms with E-state index in [4.69, 9.17) is 5.11 Å². The van der Waals surface area contributed by atoms with E-state index in [2.05, 4.69) is 15.3 Å². The topological polar surface area (TPSA) is 92.2 Å². The van der Waals surface area contributed by atoms with Crippen LogP contribution in [0, 0.1) is 12.8 Å². The first-order valence-corrected chi connectivity index (χ1v) is 8.25. The molecule has 0 aliphatic carbocycles. The zero-order chi connectivity index (χ0) is 18.4. The molecule has 2 rings (SSSR count). The van der Waals surface area contributed by atoms with E-state index in [0.717, 1.165) is 11.3 Å². The third-order valence-electron chi connectivity index (χ3n) is 3.67. The average Bonchev–Trinajstić information content (AvgIpc) is 2.51. The molecule has 1 amide bonds. The highest BCUT2D eigenvalue weighted by Gasteiger charge is 2.09. The van der Waals surface area contributed by atoms with Crippen LogP contribution in [0.3, 0.4) is 0 Å². The molecule has 2 aromatic rings. The number of aryl methyl sites for hydroxylation is 1. The van der Waals surface area contributed by atoms with Crippen molar-refractivity contribution in [2.75, 3.05) is 5.32 Å². The van der Waals surface area contributed by atoms with E-state index < -0.39 is 5.97 Å². The van der Waals surface area contributed by atoms with Gasteiger partial charge in [0.1, 0.15) is 5.82 Å². The average molecular weight is 341 g/mol. The van der Waals surface area contributed by atoms with Gasteiger partial charge in [-0.1, -0.05) is 26.0 Å². The zero-order valence-electron chi connectivity index (χ0n) is 14.7. The number of amides is 1. The van der Waals surface area contributed by atoms with Crippen molar-refractivity contribution in [3.8, 4) is 0 Å². The van der Waals surface area contributed by atoms with E-state index in [1.54, 1.807) is 13.1 Å². The van der Waals surface area contributed by atoms with E-state index in [1.165, 1.54) is 0 Å². The van der Waals surface area contributed by atoms with Crippen molar-refractivity contribution in [2.45, 2.75) is 40.0 Å². The summed E-state index contributed by atoms with van der Waals surface area (Å²) in [6, 6.07) is 7.57. The first-order valence-electron chi connectivity index (χ1n) is 8.25. The van der Waals surface area contributed by atoms with Crippen LogP contribution in [0.4, 0.5) is 5.69 Å². The number of carboxylic acids is 1. The minimum atomic E-state index is -0.894. The highest BCUT2D eigenvalue weighted by molar-refractivity contribution is 5.90. The van der Waals surface area contributed by atoms with E-state index in [-0.39, 0.29) is 12.3 Å². The van der Waals surface area contributed by atoms with Crippen LogP contribution in [-0.4, -0.2) is 27.0 Å². The molecule has 1 aromatic carbocycles. The number of aromatic nitrogens is 2. The molecule has 6 nitrogen and oxygen atoms in total. The lowest BCUT2D eigenvalue weighted by Gasteiger charge is -2.08. The van der Waals surface area contributed by atoms with Gasteiger partial charge < -0.3 is 10.4 Å². The van der Waals surface area contributed by atoms with Gasteiger partial charge in [0.05, 0.1) is 6.42 Å². The highest BCUT2D eigenvalue weighted by atomic mass is 16.4. The number of carboxylic acid groups (broad SMARTS) is 1. The van der Waals surface area contributed by atoms with Crippen molar-refractivity contribution >= 4 is 17.6 Å². The third-order valence-corrected chi connectivity index (χ3v) is 3.67. The second kappa shape index (κ2) is 8.37. The van der Waals surface area contributed by atoms with Crippen molar-refractivity contribution in [1.82, 2.24) is 9.97 Å². The Labute approximate surface area is 147 Å². The highest BCUT2D eigenvalue weighted by Crippen LogP contribution is 2.14. The van der Waals surface area contributed by atoms with Gasteiger partial charge in [-0.15, -0.1) is 0 Å². The Balaban J connectivity index is 2.00. The summed E-state index contributed by atoms with van der Waals surface area (Å²) in [4.78, 5) is 31.2. The Kier molecular flexibility index (Phi) is 6.22. The van der Waals surface area contributed by atoms with Gasteiger partial charge in [0.15, 0.2) is 0 Å². The molecule has 0 radical (unpaired) electrons. The first-order chi connectivity index (χ1) is 11.8. The summed E-state index contributed by atoms with van der Waals surface area (Å²) >= 11 is 0. The van der Waals surface area contributed by atoms with Crippen LogP contribution in [0.1, 0.15) is 42.9 Å². The third kappa shape index (κ3) is 5.99. The van der Waals surface area contributed by atoms with Crippen molar-refractivity contribution in [2.24, 2.45) is 5.92 Å². The van der Waals surface area contributed by atoms with E-state index in [0.29, 0.717) is 35.8 Å². The second-order valence-corrected chi connectivity index (χ2v) is 6.49.